The zero-order chi connectivity index (χ0) is 20.1. The topological polar surface area (TPSA) is 73.2 Å². The second-order valence-electron chi connectivity index (χ2n) is 6.49. The highest BCUT2D eigenvalue weighted by molar-refractivity contribution is 6.06. The van der Waals surface area contributed by atoms with Gasteiger partial charge in [-0.15, -0.1) is 0 Å². The molecule has 0 saturated carbocycles. The molecule has 3 rings (SSSR count). The highest BCUT2D eigenvalue weighted by Gasteiger charge is 2.24. The number of nitrogens with zero attached hydrogens (tertiary/aromatic N) is 2. The number of aromatic nitrogens is 2. The molecule has 3 aromatic rings. The van der Waals surface area contributed by atoms with Crippen molar-refractivity contribution in [3.05, 3.63) is 65.6 Å². The standard InChI is InChI=1S/C21H22FN3O3/c1-3-6-17(21(27)28-2)23-20(26)19-16-7-4-5-8-18(16)25(24-19)13-14-9-11-15(22)12-10-14/h4-5,7-12,17H,3,6,13H2,1-2H3,(H,23,26)/t17-/m0/s1. The molecular weight excluding hydrogens is 361 g/mol. The fourth-order valence-corrected chi connectivity index (χ4v) is 3.08. The molecule has 0 saturated heterocycles. The second kappa shape index (κ2) is 8.65. The lowest BCUT2D eigenvalue weighted by Gasteiger charge is -2.14. The van der Waals surface area contributed by atoms with Crippen LogP contribution in [-0.4, -0.2) is 34.8 Å². The van der Waals surface area contributed by atoms with Gasteiger partial charge in [-0.1, -0.05) is 43.7 Å². The summed E-state index contributed by atoms with van der Waals surface area (Å²) in [5, 5.41) is 7.87. The lowest BCUT2D eigenvalue weighted by atomic mass is 10.1. The van der Waals surface area contributed by atoms with Crippen molar-refractivity contribution in [1.29, 1.82) is 0 Å². The Hall–Kier alpha value is -3.22. The molecule has 0 bridgehead atoms. The van der Waals surface area contributed by atoms with Crippen molar-refractivity contribution < 1.29 is 18.7 Å². The maximum atomic E-state index is 13.2. The van der Waals surface area contributed by atoms with Crippen molar-refractivity contribution in [3.8, 4) is 0 Å². The van der Waals surface area contributed by atoms with Gasteiger partial charge in [-0.25, -0.2) is 9.18 Å². The summed E-state index contributed by atoms with van der Waals surface area (Å²) in [5.41, 5.74) is 1.88. The van der Waals surface area contributed by atoms with Crippen molar-refractivity contribution in [2.75, 3.05) is 7.11 Å². The number of carbonyl (C=O) groups excluding carboxylic acids is 2. The third-order valence-electron chi connectivity index (χ3n) is 4.49. The number of halogens is 1. The van der Waals surface area contributed by atoms with Gasteiger partial charge in [0, 0.05) is 5.39 Å². The molecule has 1 aromatic heterocycles. The number of methoxy groups -OCH3 is 1. The Kier molecular flexibility index (Phi) is 6.03. The first-order valence-electron chi connectivity index (χ1n) is 9.12. The molecule has 0 spiro atoms. The molecule has 1 amide bonds. The summed E-state index contributed by atoms with van der Waals surface area (Å²) in [6.45, 7) is 2.32. The molecule has 28 heavy (non-hydrogen) atoms. The summed E-state index contributed by atoms with van der Waals surface area (Å²) in [7, 11) is 1.30. The van der Waals surface area contributed by atoms with Crippen molar-refractivity contribution in [1.82, 2.24) is 15.1 Å². The first-order valence-corrected chi connectivity index (χ1v) is 9.12. The largest absolute Gasteiger partial charge is 0.467 e. The minimum atomic E-state index is -0.719. The molecule has 1 atom stereocenters. The molecular formula is C21H22FN3O3. The number of fused-ring (bicyclic) bond motifs is 1. The molecule has 0 aliphatic heterocycles. The van der Waals surface area contributed by atoms with E-state index in [1.54, 1.807) is 16.8 Å². The lowest BCUT2D eigenvalue weighted by molar-refractivity contribution is -0.143. The van der Waals surface area contributed by atoms with Crippen molar-refractivity contribution in [3.63, 3.8) is 0 Å². The minimum Gasteiger partial charge on any atom is -0.467 e. The summed E-state index contributed by atoms with van der Waals surface area (Å²) in [6.07, 6.45) is 1.20. The summed E-state index contributed by atoms with van der Waals surface area (Å²) in [6, 6.07) is 12.8. The molecule has 0 unspecified atom stereocenters. The van der Waals surface area contributed by atoms with E-state index in [-0.39, 0.29) is 11.5 Å². The van der Waals surface area contributed by atoms with Gasteiger partial charge < -0.3 is 10.1 Å². The van der Waals surface area contributed by atoms with Gasteiger partial charge in [-0.3, -0.25) is 9.48 Å². The van der Waals surface area contributed by atoms with E-state index in [1.165, 1.54) is 19.2 Å². The number of hydrogen-bond acceptors (Lipinski definition) is 4. The lowest BCUT2D eigenvalue weighted by Crippen LogP contribution is -2.41. The van der Waals surface area contributed by atoms with Gasteiger partial charge >= 0.3 is 5.97 Å². The van der Waals surface area contributed by atoms with E-state index in [1.807, 2.05) is 31.2 Å². The van der Waals surface area contributed by atoms with Crippen LogP contribution in [0.2, 0.25) is 0 Å². The molecule has 6 nitrogen and oxygen atoms in total. The van der Waals surface area contributed by atoms with Crippen LogP contribution in [0.1, 0.15) is 35.8 Å². The first kappa shape index (κ1) is 19.5. The van der Waals surface area contributed by atoms with E-state index in [0.29, 0.717) is 18.4 Å². The maximum Gasteiger partial charge on any atom is 0.328 e. The Labute approximate surface area is 162 Å². The third kappa shape index (κ3) is 4.19. The molecule has 0 aliphatic carbocycles. The van der Waals surface area contributed by atoms with Crippen LogP contribution in [0, 0.1) is 5.82 Å². The van der Waals surface area contributed by atoms with Crippen LogP contribution in [-0.2, 0) is 16.1 Å². The van der Waals surface area contributed by atoms with Gasteiger partial charge in [0.05, 0.1) is 19.2 Å². The summed E-state index contributed by atoms with van der Waals surface area (Å²) in [5.74, 6) is -1.22. The minimum absolute atomic E-state index is 0.239. The van der Waals surface area contributed by atoms with E-state index >= 15 is 0 Å². The first-order chi connectivity index (χ1) is 13.5. The number of rotatable bonds is 7. The van der Waals surface area contributed by atoms with Crippen LogP contribution >= 0.6 is 0 Å². The highest BCUT2D eigenvalue weighted by Crippen LogP contribution is 2.20. The molecule has 0 radical (unpaired) electrons. The molecule has 1 heterocycles. The predicted molar refractivity (Wildman–Crippen MR) is 103 cm³/mol. The zero-order valence-electron chi connectivity index (χ0n) is 15.8. The molecule has 0 fully saturated rings. The Morgan fingerprint density at radius 2 is 1.89 bits per heavy atom. The van der Waals surface area contributed by atoms with Crippen LogP contribution in [0.3, 0.4) is 0 Å². The average Bonchev–Trinajstić information content (AvgIpc) is 3.07. The van der Waals surface area contributed by atoms with E-state index in [4.69, 9.17) is 4.74 Å². The fourth-order valence-electron chi connectivity index (χ4n) is 3.08. The quantitative estimate of drug-likeness (QED) is 0.636. The van der Waals surface area contributed by atoms with Gasteiger partial charge in [0.2, 0.25) is 0 Å². The van der Waals surface area contributed by atoms with Crippen LogP contribution in [0.4, 0.5) is 4.39 Å². The van der Waals surface area contributed by atoms with E-state index in [0.717, 1.165) is 17.5 Å². The summed E-state index contributed by atoms with van der Waals surface area (Å²) < 4.78 is 19.6. The number of benzene rings is 2. The number of para-hydroxylation sites is 1. The number of carbonyl (C=O) groups is 2. The number of nitrogens with one attached hydrogen (secondary N) is 1. The molecule has 1 N–H and O–H groups in total. The predicted octanol–water partition coefficient (Wildman–Crippen LogP) is 3.30. The van der Waals surface area contributed by atoms with Crippen molar-refractivity contribution in [2.45, 2.75) is 32.4 Å². The van der Waals surface area contributed by atoms with Crippen molar-refractivity contribution in [2.24, 2.45) is 0 Å². The highest BCUT2D eigenvalue weighted by atomic mass is 19.1. The Morgan fingerprint density at radius 1 is 1.18 bits per heavy atom. The van der Waals surface area contributed by atoms with Crippen LogP contribution in [0.25, 0.3) is 10.9 Å². The Bertz CT molecular complexity index is 982. The summed E-state index contributed by atoms with van der Waals surface area (Å²) in [4.78, 5) is 24.7. The monoisotopic (exact) mass is 383 g/mol. The number of ether oxygens (including phenoxy) is 1. The normalized spacial score (nSPS) is 12.0. The number of amides is 1. The maximum absolute atomic E-state index is 13.2. The van der Waals surface area contributed by atoms with Crippen LogP contribution < -0.4 is 5.32 Å². The molecule has 2 aromatic carbocycles. The zero-order valence-corrected chi connectivity index (χ0v) is 15.8. The van der Waals surface area contributed by atoms with Crippen LogP contribution in [0.15, 0.2) is 48.5 Å². The van der Waals surface area contributed by atoms with Gasteiger partial charge in [0.15, 0.2) is 5.69 Å². The number of hydrogen-bond donors (Lipinski definition) is 1. The SMILES string of the molecule is CCC[C@H](NC(=O)c1nn(Cc2ccc(F)cc2)c2ccccc12)C(=O)OC. The van der Waals surface area contributed by atoms with Crippen LogP contribution in [0.5, 0.6) is 0 Å². The van der Waals surface area contributed by atoms with Gasteiger partial charge in [-0.2, -0.15) is 5.10 Å². The van der Waals surface area contributed by atoms with E-state index < -0.39 is 17.9 Å². The van der Waals surface area contributed by atoms with E-state index in [9.17, 15) is 14.0 Å². The molecule has 146 valence electrons. The van der Waals surface area contributed by atoms with Crippen molar-refractivity contribution >= 4 is 22.8 Å². The number of esters is 1. The average molecular weight is 383 g/mol. The second-order valence-corrected chi connectivity index (χ2v) is 6.49. The van der Waals surface area contributed by atoms with Gasteiger partial charge in [0.25, 0.3) is 5.91 Å². The fraction of sp³-hybridized carbons (Fsp3) is 0.286. The third-order valence-corrected chi connectivity index (χ3v) is 4.49. The smallest absolute Gasteiger partial charge is 0.328 e. The Morgan fingerprint density at radius 3 is 2.57 bits per heavy atom. The Balaban J connectivity index is 1.91. The molecule has 7 heteroatoms. The summed E-state index contributed by atoms with van der Waals surface area (Å²) >= 11 is 0. The van der Waals surface area contributed by atoms with Gasteiger partial charge in [0.1, 0.15) is 11.9 Å². The van der Waals surface area contributed by atoms with Gasteiger partial charge in [-0.05, 0) is 30.2 Å². The molecule has 0 aliphatic rings. The van der Waals surface area contributed by atoms with E-state index in [2.05, 4.69) is 10.4 Å².